The molecule has 0 spiro atoms. The summed E-state index contributed by atoms with van der Waals surface area (Å²) in [6.45, 7) is 11.8. The maximum atomic E-state index is 12.4. The average molecular weight is 491 g/mol. The van der Waals surface area contributed by atoms with E-state index in [1.54, 1.807) is 0 Å². The average Bonchev–Trinajstić information content (AvgIpc) is 3.12. The Morgan fingerprint density at radius 2 is 1.63 bits per heavy atom. The van der Waals surface area contributed by atoms with Crippen molar-refractivity contribution in [2.24, 2.45) is 11.3 Å². The summed E-state index contributed by atoms with van der Waals surface area (Å²) in [5.41, 5.74) is 0.845. The van der Waals surface area contributed by atoms with E-state index >= 15 is 0 Å². The zero-order chi connectivity index (χ0) is 25.5. The molecule has 1 fully saturated rings. The van der Waals surface area contributed by atoms with Crippen LogP contribution in [0.2, 0.25) is 5.04 Å². The van der Waals surface area contributed by atoms with Crippen molar-refractivity contribution in [1.29, 1.82) is 0 Å². The zero-order valence-electron chi connectivity index (χ0n) is 22.2. The second-order valence-corrected chi connectivity index (χ2v) is 15.6. The molecule has 0 radical (unpaired) electrons. The van der Waals surface area contributed by atoms with Crippen molar-refractivity contribution in [2.75, 3.05) is 6.61 Å². The lowest BCUT2D eigenvalue weighted by Gasteiger charge is -2.43. The number of carbonyl (C=O) groups is 2. The van der Waals surface area contributed by atoms with Crippen molar-refractivity contribution in [3.8, 4) is 0 Å². The van der Waals surface area contributed by atoms with E-state index in [9.17, 15) is 9.59 Å². The predicted molar refractivity (Wildman–Crippen MR) is 148 cm³/mol. The minimum absolute atomic E-state index is 0.0149. The fraction of sp³-hybridized carbons (Fsp3) is 0.484. The molecule has 2 aromatic rings. The monoisotopic (exact) mass is 490 g/mol. The van der Waals surface area contributed by atoms with Crippen LogP contribution in [0.25, 0.3) is 0 Å². The topological polar surface area (TPSA) is 43.4 Å². The Bertz CT molecular complexity index is 967. The molecule has 188 valence electrons. The maximum absolute atomic E-state index is 12.4. The van der Waals surface area contributed by atoms with Crippen LogP contribution in [-0.2, 0) is 14.0 Å². The Kier molecular flexibility index (Phi) is 9.06. The van der Waals surface area contributed by atoms with Gasteiger partial charge in [0.25, 0.3) is 8.32 Å². The van der Waals surface area contributed by atoms with Gasteiger partial charge in [-0.15, -0.1) is 0 Å². The summed E-state index contributed by atoms with van der Waals surface area (Å²) in [5.74, 6) is 0.128. The minimum Gasteiger partial charge on any atom is -0.407 e. The molecule has 1 saturated carbocycles. The van der Waals surface area contributed by atoms with Gasteiger partial charge in [0, 0.05) is 24.4 Å². The van der Waals surface area contributed by atoms with E-state index in [1.807, 2.05) is 6.92 Å². The predicted octanol–water partition coefficient (Wildman–Crippen LogP) is 6.25. The van der Waals surface area contributed by atoms with Crippen LogP contribution in [0.1, 0.15) is 73.1 Å². The van der Waals surface area contributed by atoms with E-state index in [0.717, 1.165) is 32.0 Å². The molecule has 1 aliphatic carbocycles. The van der Waals surface area contributed by atoms with E-state index in [2.05, 4.69) is 94.4 Å². The molecule has 0 amide bonds. The molecule has 3 nitrogen and oxygen atoms in total. The smallest absolute Gasteiger partial charge is 0.261 e. The van der Waals surface area contributed by atoms with Crippen LogP contribution in [0.3, 0.4) is 0 Å². The molecule has 0 aliphatic heterocycles. The number of benzene rings is 2. The van der Waals surface area contributed by atoms with Crippen molar-refractivity contribution in [1.82, 2.24) is 0 Å². The SMILES string of the molecule is C/C(=C\CC[C@]1(C)C(=O)CC[C@H]1C=O)CCCO[Si](c1ccccc1)(c1ccccc1)C(C)(C)C. The molecule has 0 unspecified atom stereocenters. The number of aldehydes is 1. The molecule has 0 aromatic heterocycles. The Morgan fingerprint density at radius 3 is 2.14 bits per heavy atom. The highest BCUT2D eigenvalue weighted by Crippen LogP contribution is 2.43. The van der Waals surface area contributed by atoms with Crippen LogP contribution in [0, 0.1) is 11.3 Å². The standard InChI is InChI=1S/C31H42O3Si/c1-25(14-12-22-31(5)26(24-32)20-21-29(31)33)15-13-23-34-35(30(2,3)4,27-16-8-6-9-17-27)28-18-10-7-11-19-28/h6-11,14,16-19,24,26H,12-13,15,20-23H2,1-5H3/b25-14+/t26-,31-/m0/s1. The van der Waals surface area contributed by atoms with E-state index in [0.29, 0.717) is 19.4 Å². The number of Topliss-reactive ketones (excluding diaryl/α,β-unsaturated/α-hetero) is 1. The van der Waals surface area contributed by atoms with Gasteiger partial charge in [-0.2, -0.15) is 0 Å². The van der Waals surface area contributed by atoms with E-state index in [4.69, 9.17) is 4.43 Å². The third-order valence-corrected chi connectivity index (χ3v) is 13.0. The van der Waals surface area contributed by atoms with E-state index in [1.165, 1.54) is 15.9 Å². The van der Waals surface area contributed by atoms with Crippen LogP contribution in [0.15, 0.2) is 72.3 Å². The third kappa shape index (κ3) is 5.92. The van der Waals surface area contributed by atoms with Crippen molar-refractivity contribution >= 4 is 30.8 Å². The molecule has 3 rings (SSSR count). The van der Waals surface area contributed by atoms with Crippen LogP contribution in [0.5, 0.6) is 0 Å². The summed E-state index contributed by atoms with van der Waals surface area (Å²) in [6.07, 6.45) is 8.02. The Labute approximate surface area is 213 Å². The molecular formula is C31H42O3Si. The number of allylic oxidation sites excluding steroid dienone is 2. The van der Waals surface area contributed by atoms with Gasteiger partial charge in [-0.25, -0.2) is 0 Å². The molecule has 4 heteroatoms. The van der Waals surface area contributed by atoms with Gasteiger partial charge in [0.1, 0.15) is 12.1 Å². The molecule has 0 N–H and O–H groups in total. The van der Waals surface area contributed by atoms with Crippen molar-refractivity contribution in [2.45, 2.75) is 78.2 Å². The maximum Gasteiger partial charge on any atom is 0.261 e. The summed E-state index contributed by atoms with van der Waals surface area (Å²) in [6, 6.07) is 21.5. The highest BCUT2D eigenvalue weighted by molar-refractivity contribution is 6.99. The number of ketones is 1. The lowest BCUT2D eigenvalue weighted by Crippen LogP contribution is -2.66. The molecular weight excluding hydrogens is 448 g/mol. The largest absolute Gasteiger partial charge is 0.407 e. The van der Waals surface area contributed by atoms with Crippen LogP contribution in [-0.4, -0.2) is 27.0 Å². The number of hydrogen-bond donors (Lipinski definition) is 0. The Balaban J connectivity index is 1.66. The van der Waals surface area contributed by atoms with Gasteiger partial charge in [-0.05, 0) is 54.4 Å². The summed E-state index contributed by atoms with van der Waals surface area (Å²) < 4.78 is 6.99. The quantitative estimate of drug-likeness (QED) is 0.162. The first kappa shape index (κ1) is 27.3. The first-order chi connectivity index (χ1) is 16.6. The van der Waals surface area contributed by atoms with Gasteiger partial charge in [-0.3, -0.25) is 4.79 Å². The normalized spacial score (nSPS) is 21.3. The fourth-order valence-electron chi connectivity index (χ4n) is 5.70. The second-order valence-electron chi connectivity index (χ2n) is 11.3. The van der Waals surface area contributed by atoms with Gasteiger partial charge in [0.15, 0.2) is 0 Å². The molecule has 2 aromatic carbocycles. The molecule has 35 heavy (non-hydrogen) atoms. The summed E-state index contributed by atoms with van der Waals surface area (Å²) >= 11 is 0. The van der Waals surface area contributed by atoms with Gasteiger partial charge in [0.2, 0.25) is 0 Å². The third-order valence-electron chi connectivity index (χ3n) is 7.91. The van der Waals surface area contributed by atoms with Crippen molar-refractivity contribution in [3.05, 3.63) is 72.3 Å². The van der Waals surface area contributed by atoms with E-state index < -0.39 is 13.7 Å². The van der Waals surface area contributed by atoms with Gasteiger partial charge in [0.05, 0.1) is 0 Å². The van der Waals surface area contributed by atoms with Crippen LogP contribution < -0.4 is 10.4 Å². The van der Waals surface area contributed by atoms with E-state index in [-0.39, 0.29) is 16.7 Å². The first-order valence-corrected chi connectivity index (χ1v) is 15.0. The highest BCUT2D eigenvalue weighted by atomic mass is 28.4. The van der Waals surface area contributed by atoms with Gasteiger partial charge >= 0.3 is 0 Å². The highest BCUT2D eigenvalue weighted by Gasteiger charge is 2.50. The number of rotatable bonds is 11. The van der Waals surface area contributed by atoms with Crippen LogP contribution >= 0.6 is 0 Å². The lowest BCUT2D eigenvalue weighted by molar-refractivity contribution is -0.129. The van der Waals surface area contributed by atoms with Crippen molar-refractivity contribution in [3.63, 3.8) is 0 Å². The molecule has 1 aliphatic rings. The van der Waals surface area contributed by atoms with Gasteiger partial charge in [-0.1, -0.05) is 100 Å². The Morgan fingerprint density at radius 1 is 1.06 bits per heavy atom. The minimum atomic E-state index is -2.48. The number of hydrogen-bond acceptors (Lipinski definition) is 3. The molecule has 0 bridgehead atoms. The van der Waals surface area contributed by atoms with Crippen molar-refractivity contribution < 1.29 is 14.0 Å². The summed E-state index contributed by atoms with van der Waals surface area (Å²) in [7, 11) is -2.48. The molecule has 2 atom stereocenters. The summed E-state index contributed by atoms with van der Waals surface area (Å²) in [5, 5.41) is 2.61. The van der Waals surface area contributed by atoms with Crippen LogP contribution in [0.4, 0.5) is 0 Å². The second kappa shape index (κ2) is 11.6. The fourth-order valence-corrected chi connectivity index (χ4v) is 10.3. The Hall–Kier alpha value is -2.30. The lowest BCUT2D eigenvalue weighted by atomic mass is 9.76. The molecule has 0 heterocycles. The number of carbonyl (C=O) groups excluding carboxylic acids is 2. The molecule has 0 saturated heterocycles. The summed E-state index contributed by atoms with van der Waals surface area (Å²) in [4.78, 5) is 23.8. The zero-order valence-corrected chi connectivity index (χ0v) is 23.2. The van der Waals surface area contributed by atoms with Gasteiger partial charge < -0.3 is 9.22 Å². The first-order valence-electron chi connectivity index (χ1n) is 13.0.